The minimum absolute atomic E-state index is 0.0808. The van der Waals surface area contributed by atoms with Crippen LogP contribution in [-0.4, -0.2) is 38.2 Å². The third-order valence-corrected chi connectivity index (χ3v) is 11.4. The van der Waals surface area contributed by atoms with Crippen molar-refractivity contribution in [1.29, 1.82) is 0 Å². The van der Waals surface area contributed by atoms with E-state index in [1.807, 2.05) is 6.08 Å². The Labute approximate surface area is 149 Å². The lowest BCUT2D eigenvalue weighted by Crippen LogP contribution is -2.48. The van der Waals surface area contributed by atoms with Gasteiger partial charge in [0.15, 0.2) is 0 Å². The number of hydrogen-bond donors (Lipinski definition) is 0. The van der Waals surface area contributed by atoms with Crippen LogP contribution in [0.2, 0.25) is 16.6 Å². The molecule has 1 fully saturated rings. The Bertz CT molecular complexity index is 437. The Kier molecular flexibility index (Phi) is 7.68. The summed E-state index contributed by atoms with van der Waals surface area (Å²) in [6, 6.07) is 0. The van der Waals surface area contributed by atoms with E-state index in [0.717, 1.165) is 4.48 Å². The number of nitrogens with zero attached hydrogens (tertiary/aromatic N) is 1. The van der Waals surface area contributed by atoms with E-state index in [9.17, 15) is 9.59 Å². The zero-order chi connectivity index (χ0) is 17.8. The van der Waals surface area contributed by atoms with Gasteiger partial charge in [-0.2, -0.15) is 0 Å². The molecule has 0 atom stereocenters. The van der Waals surface area contributed by atoms with Gasteiger partial charge in [0.05, 0.1) is 6.61 Å². The van der Waals surface area contributed by atoms with Crippen LogP contribution in [0.4, 0.5) is 0 Å². The zero-order valence-electron chi connectivity index (χ0n) is 15.2. The second kappa shape index (κ2) is 8.58. The minimum atomic E-state index is -1.90. The van der Waals surface area contributed by atoms with Gasteiger partial charge in [-0.3, -0.25) is 14.5 Å². The molecule has 1 rings (SSSR count). The van der Waals surface area contributed by atoms with Gasteiger partial charge in [-0.15, -0.1) is 0 Å². The highest BCUT2D eigenvalue weighted by atomic mass is 79.9. The number of halogens is 1. The van der Waals surface area contributed by atoms with E-state index >= 15 is 0 Å². The number of hydrogen-bond acceptors (Lipinski definition) is 3. The zero-order valence-corrected chi connectivity index (χ0v) is 17.8. The average molecular weight is 404 g/mol. The average Bonchev–Trinajstić information content (AvgIpc) is 2.75. The third-order valence-electron chi connectivity index (χ3n) is 4.82. The fraction of sp³-hybridized carbons (Fsp3) is 0.765. The van der Waals surface area contributed by atoms with Crippen molar-refractivity contribution in [3.05, 3.63) is 10.6 Å². The van der Waals surface area contributed by atoms with Gasteiger partial charge in [-0.25, -0.2) is 0 Å². The second-order valence-electron chi connectivity index (χ2n) is 7.16. The molecule has 2 amide bonds. The molecule has 1 aliphatic heterocycles. The molecule has 0 aromatic heterocycles. The minimum Gasteiger partial charge on any atom is -0.411 e. The van der Waals surface area contributed by atoms with Crippen LogP contribution in [0.25, 0.3) is 0 Å². The van der Waals surface area contributed by atoms with Gasteiger partial charge in [0.1, 0.15) is 0 Å². The first-order valence-corrected chi connectivity index (χ1v) is 11.4. The molecule has 0 radical (unpaired) electrons. The lowest BCUT2D eigenvalue weighted by molar-refractivity contribution is -0.137. The molecule has 0 unspecified atom stereocenters. The van der Waals surface area contributed by atoms with Gasteiger partial charge in [-0.05, 0) is 16.6 Å². The van der Waals surface area contributed by atoms with Crippen molar-refractivity contribution in [3.8, 4) is 0 Å². The number of rotatable bonds is 8. The van der Waals surface area contributed by atoms with Crippen LogP contribution >= 0.6 is 15.9 Å². The van der Waals surface area contributed by atoms with Crippen LogP contribution in [0.5, 0.6) is 0 Å². The monoisotopic (exact) mass is 403 g/mol. The van der Waals surface area contributed by atoms with Crippen LogP contribution in [0.3, 0.4) is 0 Å². The molecule has 132 valence electrons. The maximum Gasteiger partial charge on any atom is 0.229 e. The van der Waals surface area contributed by atoms with Crippen molar-refractivity contribution in [2.24, 2.45) is 0 Å². The molecule has 1 aliphatic rings. The molecule has 0 aliphatic carbocycles. The van der Waals surface area contributed by atoms with E-state index in [1.165, 1.54) is 4.90 Å². The van der Waals surface area contributed by atoms with E-state index in [0.29, 0.717) is 42.6 Å². The Hall–Kier alpha value is -0.463. The van der Waals surface area contributed by atoms with Crippen molar-refractivity contribution >= 4 is 36.1 Å². The summed E-state index contributed by atoms with van der Waals surface area (Å²) in [5.74, 6) is -0.162. The molecule has 0 N–H and O–H groups in total. The van der Waals surface area contributed by atoms with Crippen molar-refractivity contribution in [3.63, 3.8) is 0 Å². The Morgan fingerprint density at radius 3 is 1.91 bits per heavy atom. The summed E-state index contributed by atoms with van der Waals surface area (Å²) in [4.78, 5) is 24.6. The number of carbonyl (C=O) groups excluding carboxylic acids is 2. The fourth-order valence-electron chi connectivity index (χ4n) is 3.77. The molecule has 0 bridgehead atoms. The third kappa shape index (κ3) is 4.76. The maximum atomic E-state index is 11.6. The summed E-state index contributed by atoms with van der Waals surface area (Å²) in [6.07, 6.45) is 2.55. The molecule has 1 heterocycles. The summed E-state index contributed by atoms with van der Waals surface area (Å²) < 4.78 is 7.39. The molecule has 0 saturated carbocycles. The van der Waals surface area contributed by atoms with Gasteiger partial charge in [0.2, 0.25) is 20.1 Å². The molecule has 0 spiro atoms. The highest BCUT2D eigenvalue weighted by Gasteiger charge is 2.45. The molecule has 1 saturated heterocycles. The summed E-state index contributed by atoms with van der Waals surface area (Å²) in [7, 11) is -1.90. The summed E-state index contributed by atoms with van der Waals surface area (Å²) in [6.45, 7) is 14.4. The second-order valence-corrected chi connectivity index (χ2v) is 13.6. The van der Waals surface area contributed by atoms with E-state index in [2.05, 4.69) is 57.5 Å². The SMILES string of the molecule is CC(C)[Si](OC/C(Br)=C/CN1C(=O)CCC1=O)(C(C)C)C(C)C. The quantitative estimate of drug-likeness (QED) is 0.439. The first kappa shape index (κ1) is 20.6. The lowest BCUT2D eigenvalue weighted by atomic mass is 10.4. The van der Waals surface area contributed by atoms with Crippen molar-refractivity contribution < 1.29 is 14.0 Å². The highest BCUT2D eigenvalue weighted by molar-refractivity contribution is 9.11. The topological polar surface area (TPSA) is 46.6 Å². The molecule has 0 aromatic carbocycles. The number of amides is 2. The normalized spacial score (nSPS) is 17.3. The first-order valence-electron chi connectivity index (χ1n) is 8.44. The lowest BCUT2D eigenvalue weighted by Gasteiger charge is -2.42. The molecule has 23 heavy (non-hydrogen) atoms. The summed E-state index contributed by atoms with van der Waals surface area (Å²) in [5, 5.41) is 0. The molecular weight excluding hydrogens is 374 g/mol. The van der Waals surface area contributed by atoms with Gasteiger partial charge in [-0.1, -0.05) is 63.5 Å². The van der Waals surface area contributed by atoms with E-state index in [1.54, 1.807) is 0 Å². The number of likely N-dealkylation sites (tertiary alicyclic amines) is 1. The summed E-state index contributed by atoms with van der Waals surface area (Å²) >= 11 is 3.53. The van der Waals surface area contributed by atoms with E-state index < -0.39 is 8.32 Å². The van der Waals surface area contributed by atoms with Crippen molar-refractivity contribution in [1.82, 2.24) is 4.90 Å². The predicted molar refractivity (Wildman–Crippen MR) is 100.0 cm³/mol. The van der Waals surface area contributed by atoms with Crippen molar-refractivity contribution in [2.45, 2.75) is 71.0 Å². The molecule has 0 aromatic rings. The largest absolute Gasteiger partial charge is 0.411 e. The van der Waals surface area contributed by atoms with Crippen LogP contribution in [0.1, 0.15) is 54.4 Å². The van der Waals surface area contributed by atoms with Crippen LogP contribution in [0.15, 0.2) is 10.6 Å². The van der Waals surface area contributed by atoms with Crippen LogP contribution in [-0.2, 0) is 14.0 Å². The molecule has 4 nitrogen and oxygen atoms in total. The molecule has 6 heteroatoms. The first-order chi connectivity index (χ1) is 10.6. The summed E-state index contributed by atoms with van der Waals surface area (Å²) in [5.41, 5.74) is 1.60. The number of imide groups is 1. The Morgan fingerprint density at radius 2 is 1.52 bits per heavy atom. The van der Waals surface area contributed by atoms with Gasteiger partial charge >= 0.3 is 0 Å². The Morgan fingerprint density at radius 1 is 1.09 bits per heavy atom. The maximum absolute atomic E-state index is 11.6. The van der Waals surface area contributed by atoms with Crippen LogP contribution < -0.4 is 0 Å². The van der Waals surface area contributed by atoms with Gasteiger partial charge < -0.3 is 4.43 Å². The number of carbonyl (C=O) groups is 2. The fourth-order valence-corrected chi connectivity index (χ4v) is 9.65. The Balaban J connectivity index is 2.72. The van der Waals surface area contributed by atoms with Crippen LogP contribution in [0, 0.1) is 0 Å². The van der Waals surface area contributed by atoms with E-state index in [-0.39, 0.29) is 11.8 Å². The standard InChI is InChI=1S/C17H30BrNO3Si/c1-12(2)23(13(3)4,14(5)6)22-11-15(18)9-10-19-16(20)7-8-17(19)21/h9,12-14H,7-8,10-11H2,1-6H3/b15-9-. The van der Waals surface area contributed by atoms with E-state index in [4.69, 9.17) is 4.43 Å². The van der Waals surface area contributed by atoms with Gasteiger partial charge in [0, 0.05) is 23.9 Å². The highest BCUT2D eigenvalue weighted by Crippen LogP contribution is 2.42. The van der Waals surface area contributed by atoms with Crippen molar-refractivity contribution in [2.75, 3.05) is 13.2 Å². The smallest absolute Gasteiger partial charge is 0.229 e. The predicted octanol–water partition coefficient (Wildman–Crippen LogP) is 4.61. The van der Waals surface area contributed by atoms with Gasteiger partial charge in [0.25, 0.3) is 0 Å². The molecular formula is C17H30BrNO3Si.